The molecule has 0 bridgehead atoms. The number of benzene rings is 1. The van der Waals surface area contributed by atoms with Gasteiger partial charge in [0.15, 0.2) is 6.04 Å². The lowest BCUT2D eigenvalue weighted by Gasteiger charge is -2.33. The van der Waals surface area contributed by atoms with Crippen molar-refractivity contribution in [3.05, 3.63) is 60.8 Å². The maximum Gasteiger partial charge on any atom is 0.249 e. The summed E-state index contributed by atoms with van der Waals surface area (Å²) in [5.41, 5.74) is 1.60. The molecule has 1 saturated carbocycles. The zero-order chi connectivity index (χ0) is 24.1. The van der Waals surface area contributed by atoms with Crippen LogP contribution < -0.4 is 10.2 Å². The number of hydrogen-bond donors (Lipinski definition) is 1. The second-order valence-electron chi connectivity index (χ2n) is 7.99. The summed E-state index contributed by atoms with van der Waals surface area (Å²) in [7, 11) is 0. The topological polar surface area (TPSA) is 88.1 Å². The number of amides is 2. The highest BCUT2D eigenvalue weighted by Gasteiger charge is 2.38. The quantitative estimate of drug-likeness (QED) is 0.474. The number of nitrogens with zero attached hydrogens (tertiary/aromatic N) is 4. The van der Waals surface area contributed by atoms with Gasteiger partial charge in [-0.05, 0) is 48.1 Å². The number of hydrogen-bond acceptors (Lipinski definition) is 6. The SMILES string of the molecule is O=C(NC1CCC(F)(F)CC1)[C@H](c1cnccn1)N(C(=O)CCl)c1ccc(-c2ccns2)cc1. The van der Waals surface area contributed by atoms with Crippen LogP contribution in [0, 0.1) is 0 Å². The minimum atomic E-state index is -2.72. The fourth-order valence-electron chi connectivity index (χ4n) is 3.95. The maximum absolute atomic E-state index is 13.6. The Kier molecular flexibility index (Phi) is 7.47. The average molecular weight is 506 g/mol. The highest BCUT2D eigenvalue weighted by atomic mass is 35.5. The van der Waals surface area contributed by atoms with Crippen LogP contribution in [0.5, 0.6) is 0 Å². The van der Waals surface area contributed by atoms with Gasteiger partial charge in [0.25, 0.3) is 0 Å². The molecule has 3 aromatic rings. The van der Waals surface area contributed by atoms with E-state index >= 15 is 0 Å². The summed E-state index contributed by atoms with van der Waals surface area (Å²) in [6.45, 7) is 0. The predicted octanol–water partition coefficient (Wildman–Crippen LogP) is 4.61. The molecule has 178 valence electrons. The average Bonchev–Trinajstić information content (AvgIpc) is 3.39. The smallest absolute Gasteiger partial charge is 0.249 e. The van der Waals surface area contributed by atoms with Crippen LogP contribution in [0.3, 0.4) is 0 Å². The van der Waals surface area contributed by atoms with Crippen LogP contribution >= 0.6 is 23.1 Å². The highest BCUT2D eigenvalue weighted by Crippen LogP contribution is 2.34. The molecule has 2 aromatic heterocycles. The van der Waals surface area contributed by atoms with Gasteiger partial charge in [-0.1, -0.05) is 12.1 Å². The van der Waals surface area contributed by atoms with Gasteiger partial charge in [-0.15, -0.1) is 11.6 Å². The van der Waals surface area contributed by atoms with Crippen molar-refractivity contribution in [2.45, 2.75) is 43.7 Å². The Morgan fingerprint density at radius 2 is 1.88 bits per heavy atom. The molecule has 0 saturated heterocycles. The van der Waals surface area contributed by atoms with Crippen molar-refractivity contribution in [3.8, 4) is 10.4 Å². The highest BCUT2D eigenvalue weighted by molar-refractivity contribution is 7.09. The lowest BCUT2D eigenvalue weighted by molar-refractivity contribution is -0.127. The summed E-state index contributed by atoms with van der Waals surface area (Å²) in [6.07, 6.45) is 5.70. The summed E-state index contributed by atoms with van der Waals surface area (Å²) in [4.78, 5) is 37.0. The van der Waals surface area contributed by atoms with E-state index in [-0.39, 0.29) is 37.3 Å². The van der Waals surface area contributed by atoms with Crippen LogP contribution in [-0.2, 0) is 9.59 Å². The first-order valence-corrected chi connectivity index (χ1v) is 12.0. The number of halogens is 3. The van der Waals surface area contributed by atoms with E-state index in [9.17, 15) is 18.4 Å². The molecule has 0 radical (unpaired) electrons. The van der Waals surface area contributed by atoms with Crippen molar-refractivity contribution >= 4 is 40.6 Å². The van der Waals surface area contributed by atoms with E-state index < -0.39 is 29.8 Å². The molecule has 1 fully saturated rings. The fourth-order valence-corrected chi connectivity index (χ4v) is 4.68. The molecule has 7 nitrogen and oxygen atoms in total. The molecule has 4 rings (SSSR count). The predicted molar refractivity (Wildman–Crippen MR) is 126 cm³/mol. The van der Waals surface area contributed by atoms with Crippen LogP contribution in [-0.4, -0.2) is 44.0 Å². The summed E-state index contributed by atoms with van der Waals surface area (Å²) >= 11 is 7.26. The van der Waals surface area contributed by atoms with Crippen molar-refractivity contribution in [1.82, 2.24) is 19.7 Å². The van der Waals surface area contributed by atoms with Crippen molar-refractivity contribution in [2.24, 2.45) is 0 Å². The number of carbonyl (C=O) groups is 2. The normalized spacial score (nSPS) is 16.6. The molecule has 1 N–H and O–H groups in total. The molecule has 11 heteroatoms. The Morgan fingerprint density at radius 1 is 1.15 bits per heavy atom. The second kappa shape index (κ2) is 10.5. The molecule has 34 heavy (non-hydrogen) atoms. The van der Waals surface area contributed by atoms with Gasteiger partial charge >= 0.3 is 0 Å². The first-order valence-electron chi connectivity index (χ1n) is 10.7. The van der Waals surface area contributed by atoms with Crippen LogP contribution in [0.4, 0.5) is 14.5 Å². The summed E-state index contributed by atoms with van der Waals surface area (Å²) in [5.74, 6) is -4.11. The van der Waals surface area contributed by atoms with E-state index in [1.807, 2.05) is 18.2 Å². The number of alkyl halides is 3. The van der Waals surface area contributed by atoms with Gasteiger partial charge in [0, 0.05) is 43.2 Å². The Labute approximate surface area is 204 Å². The minimum absolute atomic E-state index is 0.152. The largest absolute Gasteiger partial charge is 0.351 e. The van der Waals surface area contributed by atoms with Crippen LogP contribution in [0.25, 0.3) is 10.4 Å². The number of rotatable bonds is 7. The number of carbonyl (C=O) groups excluding carboxylic acids is 2. The fraction of sp³-hybridized carbons (Fsp3) is 0.348. The van der Waals surface area contributed by atoms with Gasteiger partial charge < -0.3 is 5.32 Å². The van der Waals surface area contributed by atoms with Gasteiger partial charge in [0.1, 0.15) is 5.88 Å². The van der Waals surface area contributed by atoms with Gasteiger partial charge in [-0.2, -0.15) is 0 Å². The number of nitrogens with one attached hydrogen (secondary N) is 1. The van der Waals surface area contributed by atoms with Gasteiger partial charge in [0.05, 0.1) is 16.8 Å². The van der Waals surface area contributed by atoms with Crippen LogP contribution in [0.1, 0.15) is 37.4 Å². The molecular formula is C23H22ClF2N5O2S. The van der Waals surface area contributed by atoms with Crippen molar-refractivity contribution in [3.63, 3.8) is 0 Å². The van der Waals surface area contributed by atoms with E-state index in [0.717, 1.165) is 10.4 Å². The van der Waals surface area contributed by atoms with Gasteiger partial charge in [-0.3, -0.25) is 24.5 Å². The zero-order valence-electron chi connectivity index (χ0n) is 18.0. The molecule has 1 atom stereocenters. The summed E-state index contributed by atoms with van der Waals surface area (Å²) in [5, 5.41) is 2.83. The van der Waals surface area contributed by atoms with Crippen molar-refractivity contribution in [1.29, 1.82) is 0 Å². The third-order valence-corrected chi connectivity index (χ3v) is 6.71. The van der Waals surface area contributed by atoms with Crippen LogP contribution in [0.2, 0.25) is 0 Å². The minimum Gasteiger partial charge on any atom is -0.351 e. The Bertz CT molecular complexity index is 1110. The molecule has 2 heterocycles. The molecule has 2 amide bonds. The summed E-state index contributed by atoms with van der Waals surface area (Å²) in [6, 6.07) is 7.38. The number of anilines is 1. The van der Waals surface area contributed by atoms with E-state index in [0.29, 0.717) is 5.69 Å². The molecule has 1 aromatic carbocycles. The monoisotopic (exact) mass is 505 g/mol. The number of aromatic nitrogens is 3. The second-order valence-corrected chi connectivity index (χ2v) is 9.09. The van der Waals surface area contributed by atoms with Crippen LogP contribution in [0.15, 0.2) is 55.1 Å². The molecule has 0 aliphatic heterocycles. The van der Waals surface area contributed by atoms with E-state index in [1.54, 1.807) is 18.3 Å². The maximum atomic E-state index is 13.6. The first-order chi connectivity index (χ1) is 16.4. The summed E-state index contributed by atoms with van der Waals surface area (Å²) < 4.78 is 31.2. The Morgan fingerprint density at radius 3 is 2.47 bits per heavy atom. The van der Waals surface area contributed by atoms with E-state index in [2.05, 4.69) is 19.7 Å². The van der Waals surface area contributed by atoms with Crippen molar-refractivity contribution < 1.29 is 18.4 Å². The lowest BCUT2D eigenvalue weighted by atomic mass is 9.92. The van der Waals surface area contributed by atoms with Crippen molar-refractivity contribution in [2.75, 3.05) is 10.8 Å². The third-order valence-electron chi connectivity index (χ3n) is 5.68. The molecule has 0 unspecified atom stereocenters. The Hall–Kier alpha value is -2.98. The zero-order valence-corrected chi connectivity index (χ0v) is 19.6. The Balaban J connectivity index is 1.65. The van der Waals surface area contributed by atoms with Gasteiger partial charge in [0.2, 0.25) is 17.7 Å². The molecule has 0 spiro atoms. The molecule has 1 aliphatic carbocycles. The molecule has 1 aliphatic rings. The lowest BCUT2D eigenvalue weighted by Crippen LogP contribution is -2.49. The first kappa shape index (κ1) is 24.2. The van der Waals surface area contributed by atoms with Gasteiger partial charge in [-0.25, -0.2) is 13.2 Å². The van der Waals surface area contributed by atoms with E-state index in [1.165, 1.54) is 35.0 Å². The van der Waals surface area contributed by atoms with E-state index in [4.69, 9.17) is 11.6 Å². The standard InChI is InChI=1S/C23H22ClF2N5O2S/c24-13-20(32)31(17-3-1-15(2-4-17)19-7-10-29-34-19)21(18-14-27-11-12-28-18)22(33)30-16-5-8-23(25,26)9-6-16/h1-4,7,10-12,14,16,21H,5-6,8-9,13H2,(H,30,33)/t21-/m0/s1. The molecular weight excluding hydrogens is 484 g/mol. The third kappa shape index (κ3) is 5.56.